The van der Waals surface area contributed by atoms with Gasteiger partial charge in [0.2, 0.25) is 0 Å². The average molecular weight is 464 g/mol. The van der Waals surface area contributed by atoms with Gasteiger partial charge >= 0.3 is 0 Å². The normalized spacial score (nSPS) is 13.5. The Morgan fingerprint density at radius 2 is 1.68 bits per heavy atom. The van der Waals surface area contributed by atoms with E-state index in [0.29, 0.717) is 18.7 Å². The van der Waals surface area contributed by atoms with Crippen molar-refractivity contribution < 1.29 is 23.5 Å². The van der Waals surface area contributed by atoms with Gasteiger partial charge in [-0.25, -0.2) is 4.39 Å². The number of rotatable bonds is 7. The van der Waals surface area contributed by atoms with Gasteiger partial charge < -0.3 is 25.0 Å². The SMILES string of the molecule is COc1cccc(N2CCN(C(=O)c3ccc(COc4cccc(F)c4C(N)=O)cc3)CC2)c1. The van der Waals surface area contributed by atoms with Crippen LogP contribution in [0, 0.1) is 5.82 Å². The quantitative estimate of drug-likeness (QED) is 0.580. The van der Waals surface area contributed by atoms with E-state index >= 15 is 0 Å². The fourth-order valence-corrected chi connectivity index (χ4v) is 3.93. The number of hydrogen-bond donors (Lipinski definition) is 1. The van der Waals surface area contributed by atoms with Gasteiger partial charge in [0, 0.05) is 43.5 Å². The van der Waals surface area contributed by atoms with Gasteiger partial charge in [0.1, 0.15) is 29.5 Å². The lowest BCUT2D eigenvalue weighted by molar-refractivity contribution is 0.0746. The minimum Gasteiger partial charge on any atom is -0.497 e. The third-order valence-corrected chi connectivity index (χ3v) is 5.80. The van der Waals surface area contributed by atoms with E-state index < -0.39 is 11.7 Å². The number of hydrogen-bond acceptors (Lipinski definition) is 5. The predicted molar refractivity (Wildman–Crippen MR) is 127 cm³/mol. The lowest BCUT2D eigenvalue weighted by Gasteiger charge is -2.36. The van der Waals surface area contributed by atoms with Crippen LogP contribution in [0.4, 0.5) is 10.1 Å². The number of ether oxygens (including phenoxy) is 2. The number of methoxy groups -OCH3 is 1. The molecule has 0 saturated carbocycles. The minimum atomic E-state index is -0.888. The molecule has 2 amide bonds. The molecule has 8 heteroatoms. The van der Waals surface area contributed by atoms with E-state index in [-0.39, 0.29) is 23.8 Å². The molecule has 3 aromatic rings. The molecule has 7 nitrogen and oxygen atoms in total. The first-order valence-corrected chi connectivity index (χ1v) is 10.9. The van der Waals surface area contributed by atoms with Crippen LogP contribution in [0.5, 0.6) is 11.5 Å². The fraction of sp³-hybridized carbons (Fsp3) is 0.231. The minimum absolute atomic E-state index is 0.0288. The molecule has 0 aliphatic carbocycles. The monoisotopic (exact) mass is 463 g/mol. The zero-order valence-corrected chi connectivity index (χ0v) is 18.9. The molecule has 1 aliphatic rings. The van der Waals surface area contributed by atoms with Gasteiger partial charge in [-0.1, -0.05) is 24.3 Å². The van der Waals surface area contributed by atoms with Gasteiger partial charge in [0.15, 0.2) is 0 Å². The van der Waals surface area contributed by atoms with E-state index in [4.69, 9.17) is 15.2 Å². The molecule has 1 aliphatic heterocycles. The summed E-state index contributed by atoms with van der Waals surface area (Å²) in [7, 11) is 1.65. The summed E-state index contributed by atoms with van der Waals surface area (Å²) in [6, 6.07) is 19.1. The molecule has 0 unspecified atom stereocenters. The molecule has 0 aromatic heterocycles. The Kier molecular flexibility index (Phi) is 6.96. The summed E-state index contributed by atoms with van der Waals surface area (Å²) in [6.45, 7) is 2.82. The molecule has 0 radical (unpaired) electrons. The molecular formula is C26H26FN3O4. The standard InChI is InChI=1S/C26H26FN3O4/c1-33-21-5-2-4-20(16-21)29-12-14-30(15-13-29)26(32)19-10-8-18(9-11-19)17-34-23-7-3-6-22(27)24(23)25(28)31/h2-11,16H,12-15,17H2,1H3,(H2,28,31). The topological polar surface area (TPSA) is 85.1 Å². The number of nitrogens with zero attached hydrogens (tertiary/aromatic N) is 2. The summed E-state index contributed by atoms with van der Waals surface area (Å²) in [6.07, 6.45) is 0. The van der Waals surface area contributed by atoms with Crippen molar-refractivity contribution in [2.45, 2.75) is 6.61 Å². The molecule has 1 saturated heterocycles. The maximum Gasteiger partial charge on any atom is 0.255 e. The molecule has 176 valence electrons. The Morgan fingerprint density at radius 1 is 0.971 bits per heavy atom. The van der Waals surface area contributed by atoms with Crippen LogP contribution >= 0.6 is 0 Å². The van der Waals surface area contributed by atoms with Crippen LogP contribution in [0.25, 0.3) is 0 Å². The Balaban J connectivity index is 1.34. The third kappa shape index (κ3) is 5.11. The number of benzene rings is 3. The number of anilines is 1. The number of carbonyl (C=O) groups excluding carboxylic acids is 2. The predicted octanol–water partition coefficient (Wildman–Crippen LogP) is 3.47. The van der Waals surface area contributed by atoms with Gasteiger partial charge in [0.25, 0.3) is 11.8 Å². The van der Waals surface area contributed by atoms with Crippen LogP contribution in [0.2, 0.25) is 0 Å². The summed E-state index contributed by atoms with van der Waals surface area (Å²) in [4.78, 5) is 28.5. The van der Waals surface area contributed by atoms with Crippen LogP contribution in [-0.2, 0) is 6.61 Å². The van der Waals surface area contributed by atoms with E-state index in [2.05, 4.69) is 4.90 Å². The summed E-state index contributed by atoms with van der Waals surface area (Å²) in [5.74, 6) is -0.748. The smallest absolute Gasteiger partial charge is 0.255 e. The van der Waals surface area contributed by atoms with E-state index in [1.54, 1.807) is 31.4 Å². The van der Waals surface area contributed by atoms with Crippen LogP contribution in [0.15, 0.2) is 66.7 Å². The Morgan fingerprint density at radius 3 is 2.35 bits per heavy atom. The Bertz CT molecular complexity index is 1170. The summed E-state index contributed by atoms with van der Waals surface area (Å²) in [5.41, 5.74) is 7.42. The van der Waals surface area contributed by atoms with Crippen molar-refractivity contribution in [3.63, 3.8) is 0 Å². The van der Waals surface area contributed by atoms with Crippen LogP contribution in [0.3, 0.4) is 0 Å². The van der Waals surface area contributed by atoms with Gasteiger partial charge in [-0.05, 0) is 42.0 Å². The average Bonchev–Trinajstić information content (AvgIpc) is 2.87. The maximum atomic E-state index is 13.9. The first-order chi connectivity index (χ1) is 16.5. The first kappa shape index (κ1) is 23.1. The molecule has 2 N–H and O–H groups in total. The second kappa shape index (κ2) is 10.2. The van der Waals surface area contributed by atoms with Crippen molar-refractivity contribution in [1.29, 1.82) is 0 Å². The largest absolute Gasteiger partial charge is 0.497 e. The first-order valence-electron chi connectivity index (χ1n) is 10.9. The van der Waals surface area contributed by atoms with Crippen molar-refractivity contribution in [2.24, 2.45) is 5.73 Å². The molecule has 0 bridgehead atoms. The van der Waals surface area contributed by atoms with E-state index in [1.165, 1.54) is 12.1 Å². The molecule has 34 heavy (non-hydrogen) atoms. The van der Waals surface area contributed by atoms with Crippen molar-refractivity contribution >= 4 is 17.5 Å². The van der Waals surface area contributed by atoms with E-state index in [1.807, 2.05) is 29.2 Å². The second-order valence-electron chi connectivity index (χ2n) is 7.94. The van der Waals surface area contributed by atoms with Gasteiger partial charge in [0.05, 0.1) is 7.11 Å². The molecule has 4 rings (SSSR count). The van der Waals surface area contributed by atoms with Crippen molar-refractivity contribution in [3.8, 4) is 11.5 Å². The number of carbonyl (C=O) groups is 2. The number of piperazine rings is 1. The highest BCUT2D eigenvalue weighted by atomic mass is 19.1. The van der Waals surface area contributed by atoms with Gasteiger partial charge in [-0.3, -0.25) is 9.59 Å². The lowest BCUT2D eigenvalue weighted by atomic mass is 10.1. The summed E-state index contributed by atoms with van der Waals surface area (Å²) < 4.78 is 24.8. The van der Waals surface area contributed by atoms with E-state index in [0.717, 1.165) is 36.2 Å². The van der Waals surface area contributed by atoms with Crippen molar-refractivity contribution in [3.05, 3.63) is 89.2 Å². The summed E-state index contributed by atoms with van der Waals surface area (Å²) in [5, 5.41) is 0. The Labute approximate surface area is 197 Å². The van der Waals surface area contributed by atoms with Crippen molar-refractivity contribution in [2.75, 3.05) is 38.2 Å². The molecule has 1 heterocycles. The maximum absolute atomic E-state index is 13.9. The zero-order valence-electron chi connectivity index (χ0n) is 18.9. The highest BCUT2D eigenvalue weighted by Crippen LogP contribution is 2.24. The highest BCUT2D eigenvalue weighted by Gasteiger charge is 2.22. The van der Waals surface area contributed by atoms with Gasteiger partial charge in [-0.2, -0.15) is 0 Å². The van der Waals surface area contributed by atoms with E-state index in [9.17, 15) is 14.0 Å². The number of amides is 2. The summed E-state index contributed by atoms with van der Waals surface area (Å²) >= 11 is 0. The van der Waals surface area contributed by atoms with Crippen LogP contribution in [0.1, 0.15) is 26.3 Å². The lowest BCUT2D eigenvalue weighted by Crippen LogP contribution is -2.48. The highest BCUT2D eigenvalue weighted by molar-refractivity contribution is 5.96. The fourth-order valence-electron chi connectivity index (χ4n) is 3.93. The van der Waals surface area contributed by atoms with Crippen molar-refractivity contribution in [1.82, 2.24) is 4.90 Å². The number of halogens is 1. The molecule has 1 fully saturated rings. The molecule has 3 aromatic carbocycles. The van der Waals surface area contributed by atoms with Crippen LogP contribution < -0.4 is 20.1 Å². The van der Waals surface area contributed by atoms with Crippen LogP contribution in [-0.4, -0.2) is 50.0 Å². The molecule has 0 atom stereocenters. The Hall–Kier alpha value is -4.07. The second-order valence-corrected chi connectivity index (χ2v) is 7.94. The third-order valence-electron chi connectivity index (χ3n) is 5.80. The zero-order chi connectivity index (χ0) is 24.1. The number of primary amides is 1. The van der Waals surface area contributed by atoms with Gasteiger partial charge in [-0.15, -0.1) is 0 Å². The molecular weight excluding hydrogens is 437 g/mol. The molecule has 0 spiro atoms. The number of nitrogens with two attached hydrogens (primary N) is 1.